The van der Waals surface area contributed by atoms with Crippen molar-refractivity contribution < 1.29 is 15.0 Å². The molecule has 4 heteroatoms. The molecule has 0 aliphatic heterocycles. The van der Waals surface area contributed by atoms with Gasteiger partial charge in [0.05, 0.1) is 12.5 Å². The lowest BCUT2D eigenvalue weighted by molar-refractivity contribution is -0.144. The first kappa shape index (κ1) is 27.5. The summed E-state index contributed by atoms with van der Waals surface area (Å²) in [5.41, 5.74) is 7.55. The highest BCUT2D eigenvalue weighted by molar-refractivity contribution is 5.70. The van der Waals surface area contributed by atoms with E-state index in [1.165, 1.54) is 0 Å². The Kier molecular flexibility index (Phi) is 11.6. The van der Waals surface area contributed by atoms with Crippen LogP contribution in [-0.4, -0.2) is 16.2 Å². The molecule has 0 fully saturated rings. The maximum absolute atomic E-state index is 11.5. The first-order valence-electron chi connectivity index (χ1n) is 10.8. The van der Waals surface area contributed by atoms with E-state index in [1.54, 1.807) is 24.3 Å². The second-order valence-electron chi connectivity index (χ2n) is 11.0. The number of hydrogen-bond acceptors (Lipinski definition) is 3. The fourth-order valence-electron chi connectivity index (χ4n) is 3.99. The van der Waals surface area contributed by atoms with E-state index in [0.717, 1.165) is 36.9 Å². The van der Waals surface area contributed by atoms with E-state index in [9.17, 15) is 9.90 Å². The fraction of sp³-hybridized carbons (Fsp3) is 0.720. The summed E-state index contributed by atoms with van der Waals surface area (Å²) in [6.45, 7) is 17.7. The fourth-order valence-corrected chi connectivity index (χ4v) is 3.99. The van der Waals surface area contributed by atoms with Gasteiger partial charge in [-0.15, -0.1) is 0 Å². The van der Waals surface area contributed by atoms with Crippen LogP contribution in [0.4, 0.5) is 5.69 Å². The summed E-state index contributed by atoms with van der Waals surface area (Å²) in [6.07, 6.45) is 3.96. The van der Waals surface area contributed by atoms with Crippen LogP contribution in [0, 0.1) is 28.6 Å². The van der Waals surface area contributed by atoms with Gasteiger partial charge in [0.2, 0.25) is 0 Å². The number of carboxylic acids is 1. The molecular formula is C25H45NO3. The summed E-state index contributed by atoms with van der Waals surface area (Å²) in [4.78, 5) is 11.5. The van der Waals surface area contributed by atoms with Gasteiger partial charge in [0, 0.05) is 5.69 Å². The highest BCUT2D eigenvalue weighted by Crippen LogP contribution is 2.33. The summed E-state index contributed by atoms with van der Waals surface area (Å²) in [5, 5.41) is 18.1. The van der Waals surface area contributed by atoms with Crippen LogP contribution in [0.3, 0.4) is 0 Å². The second-order valence-corrected chi connectivity index (χ2v) is 11.0. The summed E-state index contributed by atoms with van der Waals surface area (Å²) in [5.74, 6) is 0.0226. The standard InChI is InChI=1S/C18H36O2.C7H9NO/c1-13(11-17(3,4)5)9-10-15(16(19)20)14(2)12-18(6,7)8;8-7-3-1-6(5-9)2-4-7/h13-15H,9-12H2,1-8H3,(H,19,20);1-4,9H,5,8H2. The van der Waals surface area contributed by atoms with Gasteiger partial charge in [-0.05, 0) is 66.0 Å². The number of anilines is 1. The van der Waals surface area contributed by atoms with Gasteiger partial charge in [-0.3, -0.25) is 4.79 Å². The van der Waals surface area contributed by atoms with Crippen LogP contribution >= 0.6 is 0 Å². The normalized spacial score (nSPS) is 15.1. The zero-order valence-corrected chi connectivity index (χ0v) is 20.0. The highest BCUT2D eigenvalue weighted by atomic mass is 16.4. The van der Waals surface area contributed by atoms with Gasteiger partial charge in [0.1, 0.15) is 0 Å². The molecule has 0 aliphatic rings. The lowest BCUT2D eigenvalue weighted by Gasteiger charge is -2.29. The smallest absolute Gasteiger partial charge is 0.306 e. The molecule has 1 rings (SSSR count). The van der Waals surface area contributed by atoms with Gasteiger partial charge in [0.25, 0.3) is 0 Å². The molecule has 0 aliphatic carbocycles. The van der Waals surface area contributed by atoms with E-state index < -0.39 is 5.97 Å². The first-order chi connectivity index (χ1) is 13.1. The number of carbonyl (C=O) groups is 1. The van der Waals surface area contributed by atoms with Crippen molar-refractivity contribution in [1.82, 2.24) is 0 Å². The number of nitrogen functional groups attached to an aromatic ring is 1. The summed E-state index contributed by atoms with van der Waals surface area (Å²) in [6, 6.07) is 7.14. The number of aliphatic hydroxyl groups is 1. The van der Waals surface area contributed by atoms with Crippen LogP contribution in [0.5, 0.6) is 0 Å². The van der Waals surface area contributed by atoms with Crippen molar-refractivity contribution in [1.29, 1.82) is 0 Å². The largest absolute Gasteiger partial charge is 0.481 e. The minimum absolute atomic E-state index is 0.0836. The van der Waals surface area contributed by atoms with E-state index >= 15 is 0 Å². The zero-order chi connectivity index (χ0) is 22.8. The van der Waals surface area contributed by atoms with E-state index in [-0.39, 0.29) is 23.9 Å². The average molecular weight is 408 g/mol. The molecular weight excluding hydrogens is 362 g/mol. The van der Waals surface area contributed by atoms with Crippen molar-refractivity contribution >= 4 is 11.7 Å². The highest BCUT2D eigenvalue weighted by Gasteiger charge is 2.28. The van der Waals surface area contributed by atoms with E-state index in [4.69, 9.17) is 10.8 Å². The number of rotatable bonds is 8. The molecule has 0 saturated carbocycles. The van der Waals surface area contributed by atoms with Gasteiger partial charge < -0.3 is 15.9 Å². The number of nitrogens with two attached hydrogens (primary N) is 1. The molecule has 0 aromatic heterocycles. The molecule has 0 bridgehead atoms. The maximum Gasteiger partial charge on any atom is 0.306 e. The summed E-state index contributed by atoms with van der Waals surface area (Å²) >= 11 is 0. The number of aliphatic carboxylic acids is 1. The van der Waals surface area contributed by atoms with Crippen LogP contribution in [-0.2, 0) is 11.4 Å². The number of carboxylic acid groups (broad SMARTS) is 1. The molecule has 0 amide bonds. The number of aliphatic hydroxyl groups excluding tert-OH is 1. The molecule has 0 radical (unpaired) electrons. The van der Waals surface area contributed by atoms with E-state index in [1.807, 2.05) is 0 Å². The molecule has 168 valence electrons. The lowest BCUT2D eigenvalue weighted by atomic mass is 9.76. The molecule has 1 aromatic carbocycles. The lowest BCUT2D eigenvalue weighted by Crippen LogP contribution is -2.26. The van der Waals surface area contributed by atoms with Crippen LogP contribution in [0.1, 0.15) is 86.6 Å². The predicted octanol–water partition coefficient (Wildman–Crippen LogP) is 6.37. The summed E-state index contributed by atoms with van der Waals surface area (Å²) < 4.78 is 0. The third kappa shape index (κ3) is 14.1. The average Bonchev–Trinajstić information content (AvgIpc) is 2.52. The van der Waals surface area contributed by atoms with Gasteiger partial charge in [-0.2, -0.15) is 0 Å². The Morgan fingerprint density at radius 2 is 1.41 bits per heavy atom. The second kappa shape index (κ2) is 12.2. The van der Waals surface area contributed by atoms with E-state index in [2.05, 4.69) is 55.4 Å². The Morgan fingerprint density at radius 1 is 0.931 bits per heavy atom. The Labute approximate surface area is 178 Å². The number of hydrogen-bond donors (Lipinski definition) is 3. The maximum atomic E-state index is 11.5. The minimum atomic E-state index is -0.621. The Hall–Kier alpha value is -1.55. The Morgan fingerprint density at radius 3 is 1.79 bits per heavy atom. The van der Waals surface area contributed by atoms with Crippen LogP contribution < -0.4 is 5.73 Å². The molecule has 4 nitrogen and oxygen atoms in total. The van der Waals surface area contributed by atoms with Crippen LogP contribution in [0.2, 0.25) is 0 Å². The molecule has 1 aromatic rings. The third-order valence-electron chi connectivity index (χ3n) is 5.03. The zero-order valence-electron chi connectivity index (χ0n) is 20.0. The summed E-state index contributed by atoms with van der Waals surface area (Å²) in [7, 11) is 0. The number of benzene rings is 1. The molecule has 4 N–H and O–H groups in total. The van der Waals surface area contributed by atoms with Crippen molar-refractivity contribution in [3.05, 3.63) is 29.8 Å². The monoisotopic (exact) mass is 407 g/mol. The molecule has 0 heterocycles. The van der Waals surface area contributed by atoms with Gasteiger partial charge in [0.15, 0.2) is 0 Å². The minimum Gasteiger partial charge on any atom is -0.481 e. The van der Waals surface area contributed by atoms with E-state index in [0.29, 0.717) is 11.3 Å². The van der Waals surface area contributed by atoms with Gasteiger partial charge in [-0.25, -0.2) is 0 Å². The van der Waals surface area contributed by atoms with Crippen molar-refractivity contribution in [2.75, 3.05) is 5.73 Å². The molecule has 0 saturated heterocycles. The van der Waals surface area contributed by atoms with Crippen molar-refractivity contribution in [2.24, 2.45) is 28.6 Å². The molecule has 3 atom stereocenters. The quantitative estimate of drug-likeness (QED) is 0.437. The molecule has 29 heavy (non-hydrogen) atoms. The van der Waals surface area contributed by atoms with Crippen LogP contribution in [0.15, 0.2) is 24.3 Å². The first-order valence-corrected chi connectivity index (χ1v) is 10.8. The van der Waals surface area contributed by atoms with Crippen molar-refractivity contribution in [3.63, 3.8) is 0 Å². The SMILES string of the molecule is CC(CCC(C(=O)O)C(C)CC(C)(C)C)CC(C)(C)C.Nc1ccc(CO)cc1. The molecule has 3 unspecified atom stereocenters. The van der Waals surface area contributed by atoms with Crippen LogP contribution in [0.25, 0.3) is 0 Å². The van der Waals surface area contributed by atoms with Gasteiger partial charge >= 0.3 is 5.97 Å². The Bertz CT molecular complexity index is 582. The third-order valence-corrected chi connectivity index (χ3v) is 5.03. The Balaban J connectivity index is 0.000000717. The van der Waals surface area contributed by atoms with Crippen molar-refractivity contribution in [3.8, 4) is 0 Å². The topological polar surface area (TPSA) is 83.5 Å². The molecule has 0 spiro atoms. The predicted molar refractivity (Wildman–Crippen MR) is 124 cm³/mol. The van der Waals surface area contributed by atoms with Crippen molar-refractivity contribution in [2.45, 2.75) is 87.7 Å². The van der Waals surface area contributed by atoms with Gasteiger partial charge in [-0.1, -0.05) is 67.5 Å².